The first-order valence-corrected chi connectivity index (χ1v) is 7.57. The number of alkyl halides is 1. The van der Waals surface area contributed by atoms with Crippen LogP contribution in [0.3, 0.4) is 0 Å². The highest BCUT2D eigenvalue weighted by Crippen LogP contribution is 2.37. The van der Waals surface area contributed by atoms with Crippen molar-refractivity contribution < 1.29 is 0 Å². The highest BCUT2D eigenvalue weighted by molar-refractivity contribution is 9.11. The average Bonchev–Trinajstić information content (AvgIpc) is 2.67. The van der Waals surface area contributed by atoms with Gasteiger partial charge in [-0.2, -0.15) is 0 Å². The largest absolute Gasteiger partial charge is 0.131 e. The van der Waals surface area contributed by atoms with Gasteiger partial charge in [0, 0.05) is 9.35 Å². The van der Waals surface area contributed by atoms with E-state index in [9.17, 15) is 0 Å². The van der Waals surface area contributed by atoms with Crippen LogP contribution in [-0.4, -0.2) is 0 Å². The standard InChI is InChI=1S/C12H9Br2ClS/c1-7-2-3-8(13)6-9(7)12(15)10-4-5-11(14)16-10/h2-6,12H,1H3. The molecule has 0 aliphatic rings. The molecule has 84 valence electrons. The van der Waals surface area contributed by atoms with Crippen LogP contribution in [0.2, 0.25) is 0 Å². The molecule has 0 bridgehead atoms. The van der Waals surface area contributed by atoms with Gasteiger partial charge in [-0.3, -0.25) is 0 Å². The molecule has 0 aliphatic carbocycles. The molecule has 2 rings (SSSR count). The van der Waals surface area contributed by atoms with Gasteiger partial charge in [0.25, 0.3) is 0 Å². The summed E-state index contributed by atoms with van der Waals surface area (Å²) < 4.78 is 2.18. The van der Waals surface area contributed by atoms with E-state index in [1.807, 2.05) is 12.1 Å². The summed E-state index contributed by atoms with van der Waals surface area (Å²) in [6, 6.07) is 10.3. The molecule has 4 heteroatoms. The SMILES string of the molecule is Cc1ccc(Br)cc1C(Cl)c1ccc(Br)s1. The molecular weight excluding hydrogens is 371 g/mol. The summed E-state index contributed by atoms with van der Waals surface area (Å²) in [7, 11) is 0. The monoisotopic (exact) mass is 378 g/mol. The number of thiophene rings is 1. The van der Waals surface area contributed by atoms with Gasteiger partial charge in [0.1, 0.15) is 0 Å². The van der Waals surface area contributed by atoms with E-state index < -0.39 is 0 Å². The Balaban J connectivity index is 2.40. The molecule has 0 amide bonds. The molecule has 0 saturated heterocycles. The quantitative estimate of drug-likeness (QED) is 0.568. The van der Waals surface area contributed by atoms with E-state index in [-0.39, 0.29) is 5.38 Å². The van der Waals surface area contributed by atoms with Crippen molar-refractivity contribution in [2.24, 2.45) is 0 Å². The second-order valence-electron chi connectivity index (χ2n) is 3.51. The summed E-state index contributed by atoms with van der Waals surface area (Å²) in [4.78, 5) is 1.16. The fourth-order valence-electron chi connectivity index (χ4n) is 1.50. The average molecular weight is 381 g/mol. The normalized spacial score (nSPS) is 12.8. The Morgan fingerprint density at radius 2 is 1.94 bits per heavy atom. The van der Waals surface area contributed by atoms with Crippen molar-refractivity contribution in [2.75, 3.05) is 0 Å². The third-order valence-corrected chi connectivity index (χ3v) is 5.14. The molecule has 1 aromatic heterocycles. The van der Waals surface area contributed by atoms with Crippen molar-refractivity contribution >= 4 is 54.8 Å². The van der Waals surface area contributed by atoms with Crippen LogP contribution < -0.4 is 0 Å². The Morgan fingerprint density at radius 1 is 1.19 bits per heavy atom. The third kappa shape index (κ3) is 2.70. The van der Waals surface area contributed by atoms with Gasteiger partial charge >= 0.3 is 0 Å². The maximum absolute atomic E-state index is 6.49. The Labute approximate surface area is 121 Å². The predicted molar refractivity (Wildman–Crippen MR) is 78.6 cm³/mol. The highest BCUT2D eigenvalue weighted by Gasteiger charge is 2.15. The van der Waals surface area contributed by atoms with Crippen LogP contribution in [0.15, 0.2) is 38.6 Å². The lowest BCUT2D eigenvalue weighted by Gasteiger charge is -2.11. The molecular formula is C12H9Br2ClS. The van der Waals surface area contributed by atoms with Crippen LogP contribution in [0.4, 0.5) is 0 Å². The molecule has 0 spiro atoms. The lowest BCUT2D eigenvalue weighted by Crippen LogP contribution is -1.93. The zero-order valence-corrected chi connectivity index (χ0v) is 13.3. The van der Waals surface area contributed by atoms with E-state index in [2.05, 4.69) is 57.0 Å². The first-order valence-electron chi connectivity index (χ1n) is 4.73. The minimum Gasteiger partial charge on any atom is -0.131 e. The predicted octanol–water partition coefficient (Wildman–Crippen LogP) is 5.91. The fraction of sp³-hybridized carbons (Fsp3) is 0.167. The van der Waals surface area contributed by atoms with Gasteiger partial charge in [-0.1, -0.05) is 22.0 Å². The molecule has 0 nitrogen and oxygen atoms in total. The molecule has 0 fully saturated rings. The first-order chi connectivity index (χ1) is 7.58. The van der Waals surface area contributed by atoms with Crippen molar-refractivity contribution in [1.29, 1.82) is 0 Å². The van der Waals surface area contributed by atoms with Crippen molar-refractivity contribution in [3.63, 3.8) is 0 Å². The number of hydrogen-bond acceptors (Lipinski definition) is 1. The zero-order valence-electron chi connectivity index (χ0n) is 8.51. The second-order valence-corrected chi connectivity index (χ2v) is 7.35. The minimum atomic E-state index is -0.0752. The Hall–Kier alpha value is 0.170. The minimum absolute atomic E-state index is 0.0752. The van der Waals surface area contributed by atoms with Crippen LogP contribution in [0.25, 0.3) is 0 Å². The zero-order chi connectivity index (χ0) is 11.7. The Bertz CT molecular complexity index is 507. The maximum Gasteiger partial charge on any atom is 0.0931 e. The molecule has 0 saturated carbocycles. The summed E-state index contributed by atoms with van der Waals surface area (Å²) in [5, 5.41) is -0.0752. The van der Waals surface area contributed by atoms with E-state index in [0.29, 0.717) is 0 Å². The Kier molecular flexibility index (Phi) is 4.11. The van der Waals surface area contributed by atoms with Crippen molar-refractivity contribution in [3.8, 4) is 0 Å². The molecule has 1 heterocycles. The van der Waals surface area contributed by atoms with Gasteiger partial charge in [0.05, 0.1) is 9.16 Å². The molecule has 1 unspecified atom stereocenters. The smallest absolute Gasteiger partial charge is 0.0931 e. The summed E-state index contributed by atoms with van der Waals surface area (Å²) in [5.41, 5.74) is 2.37. The summed E-state index contributed by atoms with van der Waals surface area (Å²) in [6.45, 7) is 2.08. The summed E-state index contributed by atoms with van der Waals surface area (Å²) in [5.74, 6) is 0. The molecule has 16 heavy (non-hydrogen) atoms. The molecule has 1 aromatic carbocycles. The molecule has 0 aliphatic heterocycles. The first kappa shape index (κ1) is 12.6. The van der Waals surface area contributed by atoms with Gasteiger partial charge in [-0.15, -0.1) is 22.9 Å². The molecule has 0 radical (unpaired) electrons. The van der Waals surface area contributed by atoms with E-state index in [0.717, 1.165) is 18.7 Å². The molecule has 1 atom stereocenters. The lowest BCUT2D eigenvalue weighted by atomic mass is 10.0. The summed E-state index contributed by atoms with van der Waals surface area (Å²) in [6.07, 6.45) is 0. The number of aryl methyl sites for hydroxylation is 1. The fourth-order valence-corrected chi connectivity index (χ4v) is 3.74. The number of rotatable bonds is 2. The highest BCUT2D eigenvalue weighted by atomic mass is 79.9. The lowest BCUT2D eigenvalue weighted by molar-refractivity contribution is 1.14. The van der Waals surface area contributed by atoms with Crippen LogP contribution in [0, 0.1) is 6.92 Å². The van der Waals surface area contributed by atoms with Gasteiger partial charge in [0.2, 0.25) is 0 Å². The topological polar surface area (TPSA) is 0 Å². The van der Waals surface area contributed by atoms with Crippen LogP contribution in [0.5, 0.6) is 0 Å². The number of halogens is 3. The van der Waals surface area contributed by atoms with Gasteiger partial charge in [-0.05, 0) is 58.2 Å². The van der Waals surface area contributed by atoms with E-state index >= 15 is 0 Å². The molecule has 2 aromatic rings. The van der Waals surface area contributed by atoms with Gasteiger partial charge in [-0.25, -0.2) is 0 Å². The maximum atomic E-state index is 6.49. The van der Waals surface area contributed by atoms with E-state index in [1.54, 1.807) is 11.3 Å². The van der Waals surface area contributed by atoms with Gasteiger partial charge in [0.15, 0.2) is 0 Å². The van der Waals surface area contributed by atoms with E-state index in [4.69, 9.17) is 11.6 Å². The second kappa shape index (κ2) is 5.21. The van der Waals surface area contributed by atoms with Crippen molar-refractivity contribution in [1.82, 2.24) is 0 Å². The van der Waals surface area contributed by atoms with Crippen LogP contribution >= 0.6 is 54.8 Å². The summed E-state index contributed by atoms with van der Waals surface area (Å²) >= 11 is 15.1. The van der Waals surface area contributed by atoms with Crippen molar-refractivity contribution in [2.45, 2.75) is 12.3 Å². The molecule has 0 N–H and O–H groups in total. The van der Waals surface area contributed by atoms with Crippen LogP contribution in [0.1, 0.15) is 21.4 Å². The Morgan fingerprint density at radius 3 is 2.56 bits per heavy atom. The number of hydrogen-bond donors (Lipinski definition) is 0. The van der Waals surface area contributed by atoms with E-state index in [1.165, 1.54) is 5.56 Å². The number of benzene rings is 1. The van der Waals surface area contributed by atoms with Crippen molar-refractivity contribution in [3.05, 3.63) is 54.6 Å². The van der Waals surface area contributed by atoms with Crippen LogP contribution in [-0.2, 0) is 0 Å². The van der Waals surface area contributed by atoms with Gasteiger partial charge < -0.3 is 0 Å². The third-order valence-electron chi connectivity index (χ3n) is 2.36.